The Morgan fingerprint density at radius 2 is 2.11 bits per heavy atom. The van der Waals surface area contributed by atoms with Crippen LogP contribution in [-0.4, -0.2) is 23.7 Å². The number of carbonyl (C=O) groups excluding carboxylic acids is 1. The summed E-state index contributed by atoms with van der Waals surface area (Å²) in [5, 5.41) is 14.3. The first-order chi connectivity index (χ1) is 8.40. The van der Waals surface area contributed by atoms with Crippen LogP contribution in [0.2, 0.25) is 5.02 Å². The molecular formula is C12H15ClN2O3. The van der Waals surface area contributed by atoms with Gasteiger partial charge in [0.1, 0.15) is 0 Å². The largest absolute Gasteiger partial charge is 0.481 e. The molecule has 3 N–H and O–H groups in total. The van der Waals surface area contributed by atoms with Crippen molar-refractivity contribution in [3.05, 3.63) is 28.8 Å². The molecule has 1 aromatic rings. The first-order valence-corrected chi connectivity index (χ1v) is 5.81. The van der Waals surface area contributed by atoms with Crippen molar-refractivity contribution in [1.29, 1.82) is 0 Å². The van der Waals surface area contributed by atoms with E-state index in [4.69, 9.17) is 16.7 Å². The molecule has 0 fully saturated rings. The fourth-order valence-electron chi connectivity index (χ4n) is 1.23. The van der Waals surface area contributed by atoms with E-state index < -0.39 is 17.9 Å². The van der Waals surface area contributed by atoms with Crippen LogP contribution in [0.5, 0.6) is 0 Å². The molecule has 0 saturated carbocycles. The lowest BCUT2D eigenvalue weighted by Gasteiger charge is -2.11. The molecule has 5 nitrogen and oxygen atoms in total. The maximum absolute atomic E-state index is 11.5. The summed E-state index contributed by atoms with van der Waals surface area (Å²) in [5.74, 6) is -1.58. The minimum absolute atomic E-state index is 0.0702. The average molecular weight is 271 g/mol. The number of nitrogens with one attached hydrogen (secondary N) is 2. The number of aryl methyl sites for hydroxylation is 1. The van der Waals surface area contributed by atoms with Crippen molar-refractivity contribution < 1.29 is 14.7 Å². The molecular weight excluding hydrogens is 256 g/mol. The van der Waals surface area contributed by atoms with Gasteiger partial charge in [0.25, 0.3) is 0 Å². The smallest absolute Gasteiger partial charge is 0.319 e. The van der Waals surface area contributed by atoms with Gasteiger partial charge in [-0.3, -0.25) is 4.79 Å². The van der Waals surface area contributed by atoms with Crippen LogP contribution in [0.15, 0.2) is 18.2 Å². The molecule has 1 unspecified atom stereocenters. The summed E-state index contributed by atoms with van der Waals surface area (Å²) in [6.07, 6.45) is 0. The van der Waals surface area contributed by atoms with Crippen molar-refractivity contribution >= 4 is 29.3 Å². The van der Waals surface area contributed by atoms with E-state index in [0.717, 1.165) is 5.56 Å². The highest BCUT2D eigenvalue weighted by Crippen LogP contribution is 2.19. The van der Waals surface area contributed by atoms with E-state index in [2.05, 4.69) is 10.6 Å². The third kappa shape index (κ3) is 4.25. The summed E-state index contributed by atoms with van der Waals surface area (Å²) >= 11 is 5.82. The van der Waals surface area contributed by atoms with Gasteiger partial charge in [-0.1, -0.05) is 24.6 Å². The molecule has 0 aliphatic rings. The number of halogens is 1. The summed E-state index contributed by atoms with van der Waals surface area (Å²) in [4.78, 5) is 22.1. The number of hydrogen-bond acceptors (Lipinski definition) is 2. The molecule has 98 valence electrons. The van der Waals surface area contributed by atoms with Crippen LogP contribution < -0.4 is 10.6 Å². The minimum Gasteiger partial charge on any atom is -0.481 e. The molecule has 2 amide bonds. The molecule has 18 heavy (non-hydrogen) atoms. The first kappa shape index (κ1) is 14.3. The molecule has 0 radical (unpaired) electrons. The fraction of sp³-hybridized carbons (Fsp3) is 0.333. The second kappa shape index (κ2) is 6.26. The number of rotatable bonds is 4. The molecule has 0 aliphatic carbocycles. The third-order valence-corrected chi connectivity index (χ3v) is 2.67. The van der Waals surface area contributed by atoms with Crippen LogP contribution in [0.4, 0.5) is 10.5 Å². The van der Waals surface area contributed by atoms with Crippen molar-refractivity contribution in [2.75, 3.05) is 11.9 Å². The fourth-order valence-corrected chi connectivity index (χ4v) is 1.40. The highest BCUT2D eigenvalue weighted by Gasteiger charge is 2.12. The quantitative estimate of drug-likeness (QED) is 0.786. The summed E-state index contributed by atoms with van der Waals surface area (Å²) in [5.41, 5.74) is 1.48. The van der Waals surface area contributed by atoms with Crippen molar-refractivity contribution in [3.63, 3.8) is 0 Å². The number of benzene rings is 1. The molecule has 1 aromatic carbocycles. The number of amides is 2. The number of anilines is 1. The Balaban J connectivity index is 2.54. The van der Waals surface area contributed by atoms with Gasteiger partial charge in [-0.2, -0.15) is 0 Å². The number of aliphatic carboxylic acids is 1. The van der Waals surface area contributed by atoms with E-state index >= 15 is 0 Å². The van der Waals surface area contributed by atoms with Gasteiger partial charge < -0.3 is 15.7 Å². The normalized spacial score (nSPS) is 11.7. The Hall–Kier alpha value is -1.75. The maximum Gasteiger partial charge on any atom is 0.319 e. The van der Waals surface area contributed by atoms with Crippen LogP contribution in [-0.2, 0) is 4.79 Å². The zero-order valence-electron chi connectivity index (χ0n) is 10.2. The van der Waals surface area contributed by atoms with Crippen molar-refractivity contribution in [3.8, 4) is 0 Å². The highest BCUT2D eigenvalue weighted by molar-refractivity contribution is 6.31. The maximum atomic E-state index is 11.5. The van der Waals surface area contributed by atoms with E-state index in [1.807, 2.05) is 6.92 Å². The summed E-state index contributed by atoms with van der Waals surface area (Å²) in [6.45, 7) is 3.43. The van der Waals surface area contributed by atoms with Crippen LogP contribution in [0.3, 0.4) is 0 Å². The lowest BCUT2D eigenvalue weighted by atomic mass is 10.2. The van der Waals surface area contributed by atoms with Gasteiger partial charge in [-0.25, -0.2) is 4.79 Å². The monoisotopic (exact) mass is 270 g/mol. The Morgan fingerprint density at radius 3 is 2.72 bits per heavy atom. The Labute approximate surface area is 110 Å². The number of carboxylic acids is 1. The van der Waals surface area contributed by atoms with Gasteiger partial charge >= 0.3 is 12.0 Å². The second-order valence-corrected chi connectivity index (χ2v) is 4.47. The van der Waals surface area contributed by atoms with Crippen LogP contribution in [0.25, 0.3) is 0 Å². The lowest BCUT2D eigenvalue weighted by molar-refractivity contribution is -0.140. The standard InChI is InChI=1S/C12H15ClN2O3/c1-7-3-4-9(13)5-10(7)15-12(18)14-6-8(2)11(16)17/h3-5,8H,6H2,1-2H3,(H,16,17)(H2,14,15,18). The Kier molecular flexibility index (Phi) is 4.97. The van der Waals surface area contributed by atoms with Gasteiger partial charge in [-0.15, -0.1) is 0 Å². The molecule has 0 heterocycles. The molecule has 0 aromatic heterocycles. The SMILES string of the molecule is Cc1ccc(Cl)cc1NC(=O)NCC(C)C(=O)O. The molecule has 0 spiro atoms. The third-order valence-electron chi connectivity index (χ3n) is 2.44. The Bertz CT molecular complexity index is 463. The van der Waals surface area contributed by atoms with Crippen molar-refractivity contribution in [2.45, 2.75) is 13.8 Å². The van der Waals surface area contributed by atoms with Crippen LogP contribution in [0.1, 0.15) is 12.5 Å². The molecule has 0 bridgehead atoms. The number of carboxylic acid groups (broad SMARTS) is 1. The van der Waals surface area contributed by atoms with Crippen LogP contribution >= 0.6 is 11.6 Å². The van der Waals surface area contributed by atoms with Gasteiger partial charge in [0.2, 0.25) is 0 Å². The molecule has 0 saturated heterocycles. The van der Waals surface area contributed by atoms with Gasteiger partial charge in [0, 0.05) is 17.3 Å². The zero-order valence-corrected chi connectivity index (χ0v) is 10.9. The van der Waals surface area contributed by atoms with Gasteiger partial charge in [0.15, 0.2) is 0 Å². The predicted octanol–water partition coefficient (Wildman–Crippen LogP) is 2.49. The first-order valence-electron chi connectivity index (χ1n) is 5.44. The molecule has 0 aliphatic heterocycles. The van der Waals surface area contributed by atoms with E-state index in [9.17, 15) is 9.59 Å². The highest BCUT2D eigenvalue weighted by atomic mass is 35.5. The summed E-state index contributed by atoms with van der Waals surface area (Å²) < 4.78 is 0. The second-order valence-electron chi connectivity index (χ2n) is 4.03. The van der Waals surface area contributed by atoms with E-state index in [0.29, 0.717) is 10.7 Å². The summed E-state index contributed by atoms with van der Waals surface area (Å²) in [7, 11) is 0. The minimum atomic E-state index is -0.950. The van der Waals surface area contributed by atoms with E-state index in [1.54, 1.807) is 18.2 Å². The molecule has 6 heteroatoms. The van der Waals surface area contributed by atoms with Crippen molar-refractivity contribution in [1.82, 2.24) is 5.32 Å². The summed E-state index contributed by atoms with van der Waals surface area (Å²) in [6, 6.07) is 4.70. The lowest BCUT2D eigenvalue weighted by Crippen LogP contribution is -2.34. The zero-order chi connectivity index (χ0) is 13.7. The van der Waals surface area contributed by atoms with Gasteiger partial charge in [-0.05, 0) is 24.6 Å². The molecule has 1 atom stereocenters. The molecule has 1 rings (SSSR count). The number of hydrogen-bond donors (Lipinski definition) is 3. The Morgan fingerprint density at radius 1 is 1.44 bits per heavy atom. The number of urea groups is 1. The van der Waals surface area contributed by atoms with Crippen LogP contribution in [0, 0.1) is 12.8 Å². The van der Waals surface area contributed by atoms with E-state index in [1.165, 1.54) is 6.92 Å². The predicted molar refractivity (Wildman–Crippen MR) is 70.0 cm³/mol. The van der Waals surface area contributed by atoms with Gasteiger partial charge in [0.05, 0.1) is 5.92 Å². The number of carbonyl (C=O) groups is 2. The van der Waals surface area contributed by atoms with E-state index in [-0.39, 0.29) is 6.54 Å². The van der Waals surface area contributed by atoms with Crippen molar-refractivity contribution in [2.24, 2.45) is 5.92 Å². The average Bonchev–Trinajstić information content (AvgIpc) is 2.30. The topological polar surface area (TPSA) is 78.4 Å².